The normalized spacial score (nSPS) is 11.4. The molecule has 1 heterocycles. The highest BCUT2D eigenvalue weighted by Gasteiger charge is 1.98. The Labute approximate surface area is 118 Å². The summed E-state index contributed by atoms with van der Waals surface area (Å²) in [6.07, 6.45) is 3.79. The first-order chi connectivity index (χ1) is 9.67. The smallest absolute Gasteiger partial charge is 0.193 e. The molecule has 0 amide bonds. The van der Waals surface area contributed by atoms with E-state index in [1.165, 1.54) is 0 Å². The minimum absolute atomic E-state index is 0.377. The molecule has 6 heteroatoms. The number of methoxy groups -OCH3 is 1. The molecular formula is C14H19N5O. The minimum Gasteiger partial charge on any atom is -0.497 e. The highest BCUT2D eigenvalue weighted by molar-refractivity contribution is 5.92. The van der Waals surface area contributed by atoms with E-state index in [0.717, 1.165) is 17.0 Å². The molecule has 6 nitrogen and oxygen atoms in total. The Hall–Kier alpha value is -2.50. The lowest BCUT2D eigenvalue weighted by atomic mass is 10.3. The van der Waals surface area contributed by atoms with Gasteiger partial charge in [-0.05, 0) is 24.6 Å². The van der Waals surface area contributed by atoms with Crippen molar-refractivity contribution in [1.29, 1.82) is 0 Å². The molecule has 0 unspecified atom stereocenters. The number of hydrogen-bond donors (Lipinski definition) is 2. The second-order valence-corrected chi connectivity index (χ2v) is 4.40. The maximum Gasteiger partial charge on any atom is 0.193 e. The number of nitrogens with two attached hydrogens (primary N) is 1. The fraction of sp³-hybridized carbons (Fsp3) is 0.286. The maximum atomic E-state index is 5.84. The van der Waals surface area contributed by atoms with E-state index < -0.39 is 0 Å². The largest absolute Gasteiger partial charge is 0.497 e. The Morgan fingerprint density at radius 3 is 3.05 bits per heavy atom. The third-order valence-corrected chi connectivity index (χ3v) is 2.72. The van der Waals surface area contributed by atoms with Crippen LogP contribution in [-0.4, -0.2) is 29.4 Å². The van der Waals surface area contributed by atoms with Crippen LogP contribution in [0.2, 0.25) is 0 Å². The van der Waals surface area contributed by atoms with Crippen LogP contribution in [0.3, 0.4) is 0 Å². The van der Waals surface area contributed by atoms with E-state index in [1.54, 1.807) is 7.11 Å². The van der Waals surface area contributed by atoms with Crippen LogP contribution in [0.4, 0.5) is 5.69 Å². The molecule has 3 N–H and O–H groups in total. The third kappa shape index (κ3) is 4.01. The van der Waals surface area contributed by atoms with Gasteiger partial charge in [0.15, 0.2) is 5.96 Å². The summed E-state index contributed by atoms with van der Waals surface area (Å²) < 4.78 is 6.99. The summed E-state index contributed by atoms with van der Waals surface area (Å²) in [7, 11) is 1.63. The highest BCUT2D eigenvalue weighted by Crippen LogP contribution is 2.16. The fourth-order valence-electron chi connectivity index (χ4n) is 1.75. The Kier molecular flexibility index (Phi) is 4.60. The van der Waals surface area contributed by atoms with Crippen LogP contribution in [0.1, 0.15) is 5.56 Å². The zero-order valence-electron chi connectivity index (χ0n) is 11.7. The lowest BCUT2D eigenvalue weighted by Gasteiger charge is -2.07. The average molecular weight is 273 g/mol. The van der Waals surface area contributed by atoms with Crippen LogP contribution in [-0.2, 0) is 6.54 Å². The van der Waals surface area contributed by atoms with Crippen LogP contribution in [0, 0.1) is 6.92 Å². The summed E-state index contributed by atoms with van der Waals surface area (Å²) in [6.45, 7) is 3.28. The summed E-state index contributed by atoms with van der Waals surface area (Å²) >= 11 is 0. The molecule has 1 aromatic heterocycles. The van der Waals surface area contributed by atoms with Gasteiger partial charge in [-0.2, -0.15) is 5.10 Å². The number of aryl methyl sites for hydroxylation is 1. The maximum absolute atomic E-state index is 5.84. The number of rotatable bonds is 5. The van der Waals surface area contributed by atoms with Crippen LogP contribution in [0.5, 0.6) is 5.75 Å². The van der Waals surface area contributed by atoms with Crippen molar-refractivity contribution in [1.82, 2.24) is 9.78 Å². The van der Waals surface area contributed by atoms with Gasteiger partial charge in [-0.3, -0.25) is 9.67 Å². The van der Waals surface area contributed by atoms with Crippen molar-refractivity contribution in [2.45, 2.75) is 13.5 Å². The lowest BCUT2D eigenvalue weighted by molar-refractivity contribution is 0.415. The zero-order chi connectivity index (χ0) is 14.4. The first-order valence-electron chi connectivity index (χ1n) is 6.37. The molecule has 0 aliphatic heterocycles. The summed E-state index contributed by atoms with van der Waals surface area (Å²) in [5.41, 5.74) is 7.82. The van der Waals surface area contributed by atoms with E-state index in [1.807, 2.05) is 48.3 Å². The molecule has 0 radical (unpaired) electrons. The van der Waals surface area contributed by atoms with Crippen LogP contribution in [0.25, 0.3) is 0 Å². The number of aliphatic imine (C=N–C) groups is 1. The molecule has 0 saturated heterocycles. The van der Waals surface area contributed by atoms with Crippen molar-refractivity contribution in [3.05, 3.63) is 42.2 Å². The molecule has 0 saturated carbocycles. The highest BCUT2D eigenvalue weighted by atomic mass is 16.5. The quantitative estimate of drug-likeness (QED) is 0.641. The van der Waals surface area contributed by atoms with Crippen LogP contribution >= 0.6 is 0 Å². The number of nitrogens with zero attached hydrogens (tertiary/aromatic N) is 3. The summed E-state index contributed by atoms with van der Waals surface area (Å²) in [4.78, 5) is 4.26. The number of aromatic nitrogens is 2. The Morgan fingerprint density at radius 2 is 2.35 bits per heavy atom. The number of anilines is 1. The topological polar surface area (TPSA) is 77.5 Å². The predicted octanol–water partition coefficient (Wildman–Crippen LogP) is 1.63. The third-order valence-electron chi connectivity index (χ3n) is 2.72. The molecule has 0 aliphatic carbocycles. The van der Waals surface area contributed by atoms with Crippen molar-refractivity contribution in [3.8, 4) is 5.75 Å². The van der Waals surface area contributed by atoms with E-state index in [4.69, 9.17) is 10.5 Å². The zero-order valence-corrected chi connectivity index (χ0v) is 11.7. The number of hydrogen-bond acceptors (Lipinski definition) is 3. The molecule has 106 valence electrons. The average Bonchev–Trinajstić information content (AvgIpc) is 2.84. The summed E-state index contributed by atoms with van der Waals surface area (Å²) in [6, 6.07) is 7.53. The van der Waals surface area contributed by atoms with Crippen LogP contribution < -0.4 is 15.8 Å². The van der Waals surface area contributed by atoms with Gasteiger partial charge < -0.3 is 15.8 Å². The predicted molar refractivity (Wildman–Crippen MR) is 80.1 cm³/mol. The molecular weight excluding hydrogens is 254 g/mol. The number of guanidine groups is 1. The summed E-state index contributed by atoms with van der Waals surface area (Å²) in [5.74, 6) is 1.15. The van der Waals surface area contributed by atoms with Gasteiger partial charge in [-0.15, -0.1) is 0 Å². The van der Waals surface area contributed by atoms with E-state index >= 15 is 0 Å². The van der Waals surface area contributed by atoms with Crippen molar-refractivity contribution in [2.24, 2.45) is 10.7 Å². The second kappa shape index (κ2) is 6.60. The van der Waals surface area contributed by atoms with Crippen molar-refractivity contribution >= 4 is 11.6 Å². The molecule has 20 heavy (non-hydrogen) atoms. The van der Waals surface area contributed by atoms with Gasteiger partial charge in [0, 0.05) is 18.0 Å². The SMILES string of the molecule is COc1cccc(NC(N)=NCCn2cc(C)cn2)c1. The van der Waals surface area contributed by atoms with Gasteiger partial charge in [0.2, 0.25) is 0 Å². The van der Waals surface area contributed by atoms with Crippen molar-refractivity contribution < 1.29 is 4.74 Å². The monoisotopic (exact) mass is 273 g/mol. The molecule has 0 fully saturated rings. The molecule has 0 aliphatic rings. The summed E-state index contributed by atoms with van der Waals surface area (Å²) in [5, 5.41) is 7.22. The number of nitrogens with one attached hydrogen (secondary N) is 1. The fourth-order valence-corrected chi connectivity index (χ4v) is 1.75. The molecule has 0 spiro atoms. The Bertz CT molecular complexity index is 591. The van der Waals surface area contributed by atoms with Gasteiger partial charge in [0.25, 0.3) is 0 Å². The first kappa shape index (κ1) is 13.9. The Balaban J connectivity index is 1.87. The standard InChI is InChI=1S/C14H19N5O/c1-11-9-17-19(10-11)7-6-16-14(15)18-12-4-3-5-13(8-12)20-2/h3-5,8-10H,6-7H2,1-2H3,(H3,15,16,18). The van der Waals surface area contributed by atoms with Gasteiger partial charge in [0.1, 0.15) is 5.75 Å². The lowest BCUT2D eigenvalue weighted by Crippen LogP contribution is -2.23. The van der Waals surface area contributed by atoms with E-state index in [-0.39, 0.29) is 0 Å². The van der Waals surface area contributed by atoms with Gasteiger partial charge >= 0.3 is 0 Å². The molecule has 0 bridgehead atoms. The molecule has 0 atom stereocenters. The molecule has 1 aromatic carbocycles. The number of ether oxygens (including phenoxy) is 1. The molecule has 2 aromatic rings. The first-order valence-corrected chi connectivity index (χ1v) is 6.37. The van der Waals surface area contributed by atoms with Crippen molar-refractivity contribution in [2.75, 3.05) is 19.0 Å². The van der Waals surface area contributed by atoms with E-state index in [2.05, 4.69) is 15.4 Å². The molecule has 2 rings (SSSR count). The van der Waals surface area contributed by atoms with Crippen molar-refractivity contribution in [3.63, 3.8) is 0 Å². The van der Waals surface area contributed by atoms with Gasteiger partial charge in [-0.25, -0.2) is 0 Å². The van der Waals surface area contributed by atoms with Gasteiger partial charge in [0.05, 0.1) is 26.4 Å². The van der Waals surface area contributed by atoms with Gasteiger partial charge in [-0.1, -0.05) is 6.07 Å². The minimum atomic E-state index is 0.377. The Morgan fingerprint density at radius 1 is 1.50 bits per heavy atom. The van der Waals surface area contributed by atoms with Crippen LogP contribution in [0.15, 0.2) is 41.7 Å². The van der Waals surface area contributed by atoms with E-state index in [9.17, 15) is 0 Å². The van der Waals surface area contributed by atoms with E-state index in [0.29, 0.717) is 19.0 Å². The second-order valence-electron chi connectivity index (χ2n) is 4.40. The number of benzene rings is 1.